The summed E-state index contributed by atoms with van der Waals surface area (Å²) in [5, 5.41) is 5.54. The van der Waals surface area contributed by atoms with Crippen molar-refractivity contribution in [1.29, 1.82) is 0 Å². The zero-order valence-electron chi connectivity index (χ0n) is 12.3. The van der Waals surface area contributed by atoms with Gasteiger partial charge in [0, 0.05) is 6.54 Å². The van der Waals surface area contributed by atoms with Gasteiger partial charge in [0.25, 0.3) is 5.91 Å². The van der Waals surface area contributed by atoms with Gasteiger partial charge >= 0.3 is 0 Å². The van der Waals surface area contributed by atoms with Gasteiger partial charge in [0.1, 0.15) is 11.6 Å². The average Bonchev–Trinajstić information content (AvgIpc) is 2.77. The summed E-state index contributed by atoms with van der Waals surface area (Å²) in [5.41, 5.74) is 1.26. The molecular weight excluding hydrogens is 273 g/mol. The van der Waals surface area contributed by atoms with Crippen LogP contribution in [0.2, 0.25) is 0 Å². The fourth-order valence-corrected chi connectivity index (χ4v) is 1.94. The van der Waals surface area contributed by atoms with Gasteiger partial charge in [0.05, 0.1) is 23.5 Å². The summed E-state index contributed by atoms with van der Waals surface area (Å²) in [6.07, 6.45) is 0. The number of rotatable bonds is 5. The van der Waals surface area contributed by atoms with Crippen molar-refractivity contribution in [3.63, 3.8) is 0 Å². The number of carbonyl (C=O) groups is 1. The minimum Gasteiger partial charge on any atom is -0.444 e. The molecule has 1 aromatic carbocycles. The number of nitrogens with zero attached hydrogens (tertiary/aromatic N) is 1. The molecule has 2 rings (SSSR count). The maximum absolute atomic E-state index is 13.7. The molecule has 0 aliphatic rings. The van der Waals surface area contributed by atoms with Gasteiger partial charge in [-0.2, -0.15) is 0 Å². The van der Waals surface area contributed by atoms with Crippen molar-refractivity contribution in [3.05, 3.63) is 46.9 Å². The lowest BCUT2D eigenvalue weighted by Crippen LogP contribution is -2.24. The number of nitrogens with one attached hydrogen (secondary N) is 2. The van der Waals surface area contributed by atoms with Crippen LogP contribution < -0.4 is 10.6 Å². The summed E-state index contributed by atoms with van der Waals surface area (Å²) in [6, 6.07) is 4.39. The monoisotopic (exact) mass is 291 g/mol. The van der Waals surface area contributed by atoms with Crippen LogP contribution in [0.4, 0.5) is 10.1 Å². The van der Waals surface area contributed by atoms with E-state index in [4.69, 9.17) is 4.42 Å². The number of hydrogen-bond donors (Lipinski definition) is 2. The van der Waals surface area contributed by atoms with Gasteiger partial charge in [-0.25, -0.2) is 9.37 Å². The van der Waals surface area contributed by atoms with Gasteiger partial charge in [-0.15, -0.1) is 0 Å². The molecule has 1 aromatic heterocycles. The highest BCUT2D eigenvalue weighted by Crippen LogP contribution is 2.19. The molecule has 0 bridgehead atoms. The van der Waals surface area contributed by atoms with Gasteiger partial charge in [0.15, 0.2) is 0 Å². The van der Waals surface area contributed by atoms with Crippen molar-refractivity contribution in [2.24, 2.45) is 0 Å². The molecule has 1 heterocycles. The molecule has 0 aliphatic carbocycles. The minimum atomic E-state index is -0.452. The Morgan fingerprint density at radius 3 is 2.76 bits per heavy atom. The lowest BCUT2D eigenvalue weighted by Gasteiger charge is -2.11. The van der Waals surface area contributed by atoms with E-state index in [1.54, 1.807) is 6.07 Å². The second kappa shape index (κ2) is 6.39. The van der Waals surface area contributed by atoms with Crippen molar-refractivity contribution < 1.29 is 13.6 Å². The number of hydrogen-bond acceptors (Lipinski definition) is 4. The number of halogens is 1. The van der Waals surface area contributed by atoms with E-state index in [0.29, 0.717) is 12.4 Å². The normalized spacial score (nSPS) is 10.5. The number of aryl methyl sites for hydroxylation is 2. The Kier molecular flexibility index (Phi) is 4.57. The Balaban J connectivity index is 2.11. The molecule has 0 atom stereocenters. The lowest BCUT2D eigenvalue weighted by atomic mass is 10.1. The Morgan fingerprint density at radius 1 is 1.38 bits per heavy atom. The van der Waals surface area contributed by atoms with Gasteiger partial charge in [-0.1, -0.05) is 6.07 Å². The van der Waals surface area contributed by atoms with E-state index in [1.165, 1.54) is 12.1 Å². The molecule has 0 aliphatic heterocycles. The largest absolute Gasteiger partial charge is 0.444 e. The third kappa shape index (κ3) is 3.39. The van der Waals surface area contributed by atoms with E-state index < -0.39 is 5.82 Å². The number of benzene rings is 1. The average molecular weight is 291 g/mol. The Morgan fingerprint density at radius 2 is 2.14 bits per heavy atom. The number of carbonyl (C=O) groups excluding carboxylic acids is 1. The topological polar surface area (TPSA) is 67.2 Å². The highest BCUT2D eigenvalue weighted by atomic mass is 19.1. The quantitative estimate of drug-likeness (QED) is 0.889. The van der Waals surface area contributed by atoms with E-state index in [0.717, 1.165) is 11.5 Å². The predicted molar refractivity (Wildman–Crippen MR) is 77.7 cm³/mol. The summed E-state index contributed by atoms with van der Waals surface area (Å²) in [6.45, 7) is 6.17. The summed E-state index contributed by atoms with van der Waals surface area (Å²) in [5.74, 6) is 0.323. The van der Waals surface area contributed by atoms with E-state index in [-0.39, 0.29) is 23.7 Å². The van der Waals surface area contributed by atoms with Gasteiger partial charge in [0.2, 0.25) is 5.89 Å². The number of para-hydroxylation sites is 1. The lowest BCUT2D eigenvalue weighted by molar-refractivity contribution is 0.0947. The molecule has 1 amide bonds. The van der Waals surface area contributed by atoms with Crippen LogP contribution in [0.25, 0.3) is 0 Å². The predicted octanol–water partition coefficient (Wildman–Crippen LogP) is 2.79. The molecule has 0 radical (unpaired) electrons. The van der Waals surface area contributed by atoms with Crippen LogP contribution in [-0.4, -0.2) is 17.4 Å². The van der Waals surface area contributed by atoms with E-state index in [2.05, 4.69) is 15.6 Å². The molecule has 2 aromatic rings. The first kappa shape index (κ1) is 15.0. The van der Waals surface area contributed by atoms with Crippen LogP contribution in [0.15, 0.2) is 22.6 Å². The van der Waals surface area contributed by atoms with E-state index >= 15 is 0 Å². The number of anilines is 1. The van der Waals surface area contributed by atoms with E-state index in [9.17, 15) is 9.18 Å². The van der Waals surface area contributed by atoms with Crippen molar-refractivity contribution in [2.75, 3.05) is 11.9 Å². The van der Waals surface area contributed by atoms with Gasteiger partial charge in [-0.05, 0) is 32.9 Å². The fraction of sp³-hybridized carbons (Fsp3) is 0.333. The van der Waals surface area contributed by atoms with Crippen LogP contribution in [0.3, 0.4) is 0 Å². The molecule has 0 spiro atoms. The fourth-order valence-electron chi connectivity index (χ4n) is 1.94. The first-order valence-electron chi connectivity index (χ1n) is 6.76. The highest BCUT2D eigenvalue weighted by molar-refractivity contribution is 5.99. The summed E-state index contributed by atoms with van der Waals surface area (Å²) < 4.78 is 19.1. The molecule has 0 saturated heterocycles. The number of amides is 1. The summed E-state index contributed by atoms with van der Waals surface area (Å²) in [4.78, 5) is 16.4. The second-order valence-corrected chi connectivity index (χ2v) is 4.62. The molecule has 0 fully saturated rings. The molecule has 0 saturated carbocycles. The molecule has 0 unspecified atom stereocenters. The molecule has 21 heavy (non-hydrogen) atoms. The summed E-state index contributed by atoms with van der Waals surface area (Å²) >= 11 is 0. The molecule has 2 N–H and O–H groups in total. The second-order valence-electron chi connectivity index (χ2n) is 4.62. The molecule has 5 nitrogen and oxygen atoms in total. The van der Waals surface area contributed by atoms with Crippen molar-refractivity contribution in [1.82, 2.24) is 10.3 Å². The van der Waals surface area contributed by atoms with Crippen LogP contribution in [-0.2, 0) is 6.54 Å². The third-order valence-electron chi connectivity index (χ3n) is 3.08. The highest BCUT2D eigenvalue weighted by Gasteiger charge is 2.15. The zero-order chi connectivity index (χ0) is 15.4. The van der Waals surface area contributed by atoms with Gasteiger partial charge < -0.3 is 15.1 Å². The standard InChI is InChI=1S/C15H18FN3O2/c1-4-17-14-11(6-5-7-12(14)16)15(20)18-8-13-19-9(2)10(3)21-13/h5-7,17H,4,8H2,1-3H3,(H,18,20). The van der Waals surface area contributed by atoms with Crippen LogP contribution >= 0.6 is 0 Å². The van der Waals surface area contributed by atoms with Crippen LogP contribution in [0.1, 0.15) is 34.6 Å². The maximum atomic E-state index is 13.7. The first-order chi connectivity index (χ1) is 10.0. The molecular formula is C15H18FN3O2. The van der Waals surface area contributed by atoms with Crippen molar-refractivity contribution >= 4 is 11.6 Å². The maximum Gasteiger partial charge on any atom is 0.253 e. The molecule has 6 heteroatoms. The SMILES string of the molecule is CCNc1c(F)cccc1C(=O)NCc1nc(C)c(C)o1. The third-order valence-corrected chi connectivity index (χ3v) is 3.08. The van der Waals surface area contributed by atoms with Crippen molar-refractivity contribution in [3.8, 4) is 0 Å². The Labute approximate surface area is 122 Å². The Bertz CT molecular complexity index is 633. The summed E-state index contributed by atoms with van der Waals surface area (Å²) in [7, 11) is 0. The van der Waals surface area contributed by atoms with E-state index in [1.807, 2.05) is 20.8 Å². The van der Waals surface area contributed by atoms with Gasteiger partial charge in [-0.3, -0.25) is 4.79 Å². The van der Waals surface area contributed by atoms with Crippen LogP contribution in [0.5, 0.6) is 0 Å². The zero-order valence-corrected chi connectivity index (χ0v) is 12.3. The van der Waals surface area contributed by atoms with Crippen LogP contribution in [0, 0.1) is 19.7 Å². The smallest absolute Gasteiger partial charge is 0.253 e. The molecule has 112 valence electrons. The minimum absolute atomic E-state index is 0.162. The first-order valence-corrected chi connectivity index (χ1v) is 6.76. The Hall–Kier alpha value is -2.37. The number of oxazole rings is 1. The van der Waals surface area contributed by atoms with Crippen molar-refractivity contribution in [2.45, 2.75) is 27.3 Å². The number of aromatic nitrogens is 1.